The van der Waals surface area contributed by atoms with Crippen LogP contribution in [0.2, 0.25) is 0 Å². The Morgan fingerprint density at radius 1 is 1.21 bits per heavy atom. The molecule has 5 nitrogen and oxygen atoms in total. The molecule has 0 radical (unpaired) electrons. The van der Waals surface area contributed by atoms with Crippen LogP contribution in [0, 0.1) is 11.6 Å². The number of carbonyl (C=O) groups excluding carboxylic acids is 1. The number of halogens is 2. The van der Waals surface area contributed by atoms with Crippen LogP contribution in [0.4, 0.5) is 19.7 Å². The highest BCUT2D eigenvalue weighted by Crippen LogP contribution is 2.31. The number of hydrogen-bond donors (Lipinski definition) is 3. The lowest BCUT2D eigenvalue weighted by Crippen LogP contribution is -2.32. The third-order valence-electron chi connectivity index (χ3n) is 4.15. The molecule has 128 valence electrons. The summed E-state index contributed by atoms with van der Waals surface area (Å²) in [5, 5.41) is 3.71. The summed E-state index contributed by atoms with van der Waals surface area (Å²) in [6.07, 6.45) is 3.66. The molecule has 24 heavy (non-hydrogen) atoms. The van der Waals surface area contributed by atoms with Crippen molar-refractivity contribution in [3.8, 4) is 0 Å². The van der Waals surface area contributed by atoms with E-state index < -0.39 is 23.0 Å². The molecule has 3 rings (SSSR count). The Balaban J connectivity index is 1.80. The number of carbonyl (C=O) groups is 1. The lowest BCUT2D eigenvalue weighted by atomic mass is 9.92. The zero-order valence-electron chi connectivity index (χ0n) is 12.9. The molecule has 8 heteroatoms. The van der Waals surface area contributed by atoms with Gasteiger partial charge < -0.3 is 16.8 Å². The summed E-state index contributed by atoms with van der Waals surface area (Å²) in [6, 6.07) is 3.72. The molecule has 1 fully saturated rings. The molecule has 0 aliphatic heterocycles. The molecule has 1 aliphatic rings. The van der Waals surface area contributed by atoms with Crippen LogP contribution in [0.15, 0.2) is 18.2 Å². The van der Waals surface area contributed by atoms with Gasteiger partial charge in [0.15, 0.2) is 5.13 Å². The van der Waals surface area contributed by atoms with Crippen molar-refractivity contribution < 1.29 is 13.6 Å². The highest BCUT2D eigenvalue weighted by molar-refractivity contribution is 7.18. The first-order valence-corrected chi connectivity index (χ1v) is 8.54. The van der Waals surface area contributed by atoms with Gasteiger partial charge in [0.05, 0.1) is 5.56 Å². The van der Waals surface area contributed by atoms with Gasteiger partial charge in [-0.3, -0.25) is 4.79 Å². The molecule has 0 unspecified atom stereocenters. The highest BCUT2D eigenvalue weighted by Gasteiger charge is 2.25. The largest absolute Gasteiger partial charge is 0.382 e. The number of aromatic nitrogens is 1. The van der Waals surface area contributed by atoms with E-state index in [1.165, 1.54) is 6.07 Å². The van der Waals surface area contributed by atoms with E-state index in [1.54, 1.807) is 0 Å². The van der Waals surface area contributed by atoms with E-state index in [1.807, 2.05) is 0 Å². The fourth-order valence-electron chi connectivity index (χ4n) is 2.82. The van der Waals surface area contributed by atoms with E-state index in [0.717, 1.165) is 49.2 Å². The van der Waals surface area contributed by atoms with Crippen molar-refractivity contribution in [2.45, 2.75) is 37.8 Å². The van der Waals surface area contributed by atoms with E-state index >= 15 is 0 Å². The number of thiazole rings is 1. The molecular formula is C16H18F2N4OS. The molecular weight excluding hydrogens is 334 g/mol. The van der Waals surface area contributed by atoms with E-state index in [4.69, 9.17) is 11.5 Å². The topological polar surface area (TPSA) is 94.0 Å². The van der Waals surface area contributed by atoms with Crippen LogP contribution in [-0.2, 0) is 0 Å². The summed E-state index contributed by atoms with van der Waals surface area (Å²) < 4.78 is 27.6. The van der Waals surface area contributed by atoms with Crippen molar-refractivity contribution in [3.05, 3.63) is 40.3 Å². The van der Waals surface area contributed by atoms with Crippen LogP contribution < -0.4 is 16.8 Å². The molecule has 1 saturated carbocycles. The summed E-state index contributed by atoms with van der Waals surface area (Å²) in [5.74, 6) is -2.64. The zero-order chi connectivity index (χ0) is 17.3. The van der Waals surface area contributed by atoms with E-state index in [-0.39, 0.29) is 22.8 Å². The number of nitrogens with zero attached hydrogens (tertiary/aromatic N) is 1. The van der Waals surface area contributed by atoms with Crippen LogP contribution in [0.1, 0.15) is 40.9 Å². The quantitative estimate of drug-likeness (QED) is 0.736. The fraction of sp³-hybridized carbons (Fsp3) is 0.375. The predicted octanol–water partition coefficient (Wildman–Crippen LogP) is 2.92. The van der Waals surface area contributed by atoms with Gasteiger partial charge in [-0.1, -0.05) is 17.4 Å². The number of nitrogens with two attached hydrogens (primary N) is 2. The minimum atomic E-state index is -0.913. The van der Waals surface area contributed by atoms with Crippen LogP contribution in [0.3, 0.4) is 0 Å². The highest BCUT2D eigenvalue weighted by atomic mass is 32.1. The number of rotatable bonds is 4. The van der Waals surface area contributed by atoms with Crippen molar-refractivity contribution in [2.75, 3.05) is 11.1 Å². The van der Waals surface area contributed by atoms with Gasteiger partial charge in [-0.05, 0) is 37.8 Å². The predicted molar refractivity (Wildman–Crippen MR) is 90.2 cm³/mol. The summed E-state index contributed by atoms with van der Waals surface area (Å²) in [5.41, 5.74) is 11.0. The SMILES string of the molecule is Nc1nc(NC2CCC(N)CC2)sc1C(=O)c1c(F)cccc1F. The number of nitrogen functional groups attached to an aromatic ring is 1. The molecule has 5 N–H and O–H groups in total. The second kappa shape index (κ2) is 6.82. The van der Waals surface area contributed by atoms with Crippen molar-refractivity contribution in [1.82, 2.24) is 4.98 Å². The number of nitrogens with one attached hydrogen (secondary N) is 1. The van der Waals surface area contributed by atoms with Gasteiger partial charge >= 0.3 is 0 Å². The molecule has 2 aromatic rings. The van der Waals surface area contributed by atoms with Crippen LogP contribution in [0.5, 0.6) is 0 Å². The summed E-state index contributed by atoms with van der Waals surface area (Å²) >= 11 is 1.01. The van der Waals surface area contributed by atoms with Crippen molar-refractivity contribution in [1.29, 1.82) is 0 Å². The van der Waals surface area contributed by atoms with Crippen molar-refractivity contribution in [3.63, 3.8) is 0 Å². The Morgan fingerprint density at radius 3 is 2.46 bits per heavy atom. The third-order valence-corrected chi connectivity index (χ3v) is 5.15. The van der Waals surface area contributed by atoms with Gasteiger partial charge in [-0.25, -0.2) is 13.8 Å². The molecule has 0 spiro atoms. The summed E-state index contributed by atoms with van der Waals surface area (Å²) in [6.45, 7) is 0. The molecule has 0 bridgehead atoms. The summed E-state index contributed by atoms with van der Waals surface area (Å²) in [4.78, 5) is 16.6. The fourth-order valence-corrected chi connectivity index (χ4v) is 3.73. The summed E-state index contributed by atoms with van der Waals surface area (Å²) in [7, 11) is 0. The van der Waals surface area contributed by atoms with Gasteiger partial charge in [-0.15, -0.1) is 0 Å². The van der Waals surface area contributed by atoms with Gasteiger partial charge in [-0.2, -0.15) is 0 Å². The molecule has 1 heterocycles. The van der Waals surface area contributed by atoms with Gasteiger partial charge in [0.25, 0.3) is 0 Å². The molecule has 1 aromatic carbocycles. The number of anilines is 2. The average Bonchev–Trinajstić information content (AvgIpc) is 2.90. The third kappa shape index (κ3) is 3.39. The molecule has 1 aromatic heterocycles. The lowest BCUT2D eigenvalue weighted by Gasteiger charge is -2.26. The van der Waals surface area contributed by atoms with Gasteiger partial charge in [0.1, 0.15) is 22.3 Å². The van der Waals surface area contributed by atoms with Crippen LogP contribution in [0.25, 0.3) is 0 Å². The standard InChI is InChI=1S/C16H18F2N4OS/c17-10-2-1-3-11(18)12(10)13(23)14-15(20)22-16(24-14)21-9-6-4-8(19)5-7-9/h1-3,8-9H,4-7,19-20H2,(H,21,22). The maximum absolute atomic E-state index is 13.8. The van der Waals surface area contributed by atoms with E-state index in [9.17, 15) is 13.6 Å². The number of benzene rings is 1. The maximum Gasteiger partial charge on any atom is 0.212 e. The Hall–Kier alpha value is -2.06. The smallest absolute Gasteiger partial charge is 0.212 e. The van der Waals surface area contributed by atoms with Gasteiger partial charge in [0, 0.05) is 12.1 Å². The van der Waals surface area contributed by atoms with Crippen molar-refractivity contribution in [2.24, 2.45) is 5.73 Å². The minimum Gasteiger partial charge on any atom is -0.382 e. The minimum absolute atomic E-state index is 0.0253. The van der Waals surface area contributed by atoms with Crippen molar-refractivity contribution >= 4 is 28.1 Å². The Kier molecular flexibility index (Phi) is 4.77. The Labute approximate surface area is 142 Å². The van der Waals surface area contributed by atoms with Crippen LogP contribution >= 0.6 is 11.3 Å². The average molecular weight is 352 g/mol. The van der Waals surface area contributed by atoms with Gasteiger partial charge in [0.2, 0.25) is 5.78 Å². The maximum atomic E-state index is 13.8. The Morgan fingerprint density at radius 2 is 1.83 bits per heavy atom. The second-order valence-electron chi connectivity index (χ2n) is 5.92. The second-order valence-corrected chi connectivity index (χ2v) is 6.91. The molecule has 1 aliphatic carbocycles. The van der Waals surface area contributed by atoms with E-state index in [2.05, 4.69) is 10.3 Å². The lowest BCUT2D eigenvalue weighted by molar-refractivity contribution is 0.103. The van der Waals surface area contributed by atoms with E-state index in [0.29, 0.717) is 5.13 Å². The molecule has 0 amide bonds. The first kappa shape index (κ1) is 16.8. The molecule has 0 atom stereocenters. The first-order valence-electron chi connectivity index (χ1n) is 7.73. The zero-order valence-corrected chi connectivity index (χ0v) is 13.7. The van der Waals surface area contributed by atoms with Crippen LogP contribution in [-0.4, -0.2) is 22.9 Å². The molecule has 0 saturated heterocycles. The number of ketones is 1. The first-order chi connectivity index (χ1) is 11.5. The monoisotopic (exact) mass is 352 g/mol. The normalized spacial score (nSPS) is 20.8. The Bertz CT molecular complexity index is 736. The number of hydrogen-bond acceptors (Lipinski definition) is 6.